The van der Waals surface area contributed by atoms with Crippen molar-refractivity contribution in [2.75, 3.05) is 4.90 Å². The van der Waals surface area contributed by atoms with Crippen molar-refractivity contribution in [1.82, 2.24) is 0 Å². The van der Waals surface area contributed by atoms with Crippen LogP contribution in [-0.2, 0) is 10.8 Å². The van der Waals surface area contributed by atoms with E-state index in [0.717, 1.165) is 28.2 Å². The van der Waals surface area contributed by atoms with Crippen LogP contribution >= 0.6 is 0 Å². The van der Waals surface area contributed by atoms with Crippen LogP contribution in [0.15, 0.2) is 273 Å². The molecule has 0 radical (unpaired) electrons. The second-order valence-electron chi connectivity index (χ2n) is 19.5. The summed E-state index contributed by atoms with van der Waals surface area (Å²) < 4.78 is 0. The molecule has 0 N–H and O–H groups in total. The van der Waals surface area contributed by atoms with E-state index in [-0.39, 0.29) is 5.41 Å². The van der Waals surface area contributed by atoms with Gasteiger partial charge in [0.25, 0.3) is 0 Å². The summed E-state index contributed by atoms with van der Waals surface area (Å²) in [5.74, 6) is 0. The monoisotopic (exact) mass is 905 g/mol. The van der Waals surface area contributed by atoms with Gasteiger partial charge < -0.3 is 4.90 Å². The predicted molar refractivity (Wildman–Crippen MR) is 298 cm³/mol. The fourth-order valence-electron chi connectivity index (χ4n) is 12.3. The Balaban J connectivity index is 1.15. The molecule has 336 valence electrons. The first-order chi connectivity index (χ1) is 35.0. The van der Waals surface area contributed by atoms with Gasteiger partial charge in [-0.15, -0.1) is 0 Å². The quantitative estimate of drug-likeness (QED) is 0.139. The van der Waals surface area contributed by atoms with Crippen LogP contribution in [0, 0.1) is 0 Å². The van der Waals surface area contributed by atoms with Crippen LogP contribution in [-0.4, -0.2) is 0 Å². The maximum Gasteiger partial charge on any atom is 0.0714 e. The van der Waals surface area contributed by atoms with Gasteiger partial charge in [0.1, 0.15) is 0 Å². The molecule has 1 nitrogen and oxygen atoms in total. The van der Waals surface area contributed by atoms with E-state index in [0.29, 0.717) is 0 Å². The zero-order valence-corrected chi connectivity index (χ0v) is 39.9. The van der Waals surface area contributed by atoms with Gasteiger partial charge >= 0.3 is 0 Å². The van der Waals surface area contributed by atoms with E-state index in [4.69, 9.17) is 0 Å². The van der Waals surface area contributed by atoms with Crippen molar-refractivity contribution in [2.24, 2.45) is 0 Å². The number of nitrogens with zero attached hydrogens (tertiary/aromatic N) is 1. The highest BCUT2D eigenvalue weighted by Crippen LogP contribution is 2.61. The summed E-state index contributed by atoms with van der Waals surface area (Å²) in [6.45, 7) is 4.75. The van der Waals surface area contributed by atoms with Crippen molar-refractivity contribution >= 4 is 17.1 Å². The van der Waals surface area contributed by atoms with Crippen molar-refractivity contribution < 1.29 is 0 Å². The zero-order chi connectivity index (χ0) is 47.5. The first-order valence-corrected chi connectivity index (χ1v) is 24.8. The maximum absolute atomic E-state index is 2.60. The SMILES string of the molecule is CC1(C)c2ccccc2-c2ccc(-c3ccccc3N(c3cccc(-c4ccccc4)c3-c3ccccc3-c3ccccc3)c3cccc4c3-c3ccccc3C4(c3ccccc3)c3ccccc3)cc21. The van der Waals surface area contributed by atoms with E-state index in [2.05, 4.69) is 292 Å². The van der Waals surface area contributed by atoms with Gasteiger partial charge in [-0.2, -0.15) is 0 Å². The molecule has 2 aliphatic carbocycles. The van der Waals surface area contributed by atoms with Gasteiger partial charge in [0, 0.05) is 22.1 Å². The van der Waals surface area contributed by atoms with Gasteiger partial charge in [-0.1, -0.05) is 263 Å². The Hall–Kier alpha value is -8.78. The lowest BCUT2D eigenvalue weighted by Gasteiger charge is -2.35. The average molecular weight is 906 g/mol. The van der Waals surface area contributed by atoms with Crippen LogP contribution in [0.2, 0.25) is 0 Å². The lowest BCUT2D eigenvalue weighted by molar-refractivity contribution is 0.660. The standard InChI is InChI=1S/C70H51N/c1-69(2)60-39-20-17-35-56(60)57-46-45-50(47-63(57)69)54-34-19-22-42-64(54)71(65-43-23-38-55(49-27-9-4-10-28-49)67(65)58-36-16-15-33-53(58)48-25-7-3-8-26-48)66-44-24-41-62-68(66)59-37-18-21-40-61(59)70(62,51-29-11-5-12-30-51)52-31-13-6-14-32-52/h3-47H,1-2H3. The summed E-state index contributed by atoms with van der Waals surface area (Å²) >= 11 is 0. The third kappa shape index (κ3) is 6.61. The molecule has 0 bridgehead atoms. The number of hydrogen-bond donors (Lipinski definition) is 0. The Labute approximate surface area is 417 Å². The van der Waals surface area contributed by atoms with E-state index < -0.39 is 5.41 Å². The molecule has 0 amide bonds. The molecule has 0 aromatic heterocycles. The van der Waals surface area contributed by atoms with E-state index in [9.17, 15) is 0 Å². The number of fused-ring (bicyclic) bond motifs is 6. The van der Waals surface area contributed by atoms with Crippen molar-refractivity contribution in [1.29, 1.82) is 0 Å². The Morgan fingerprint density at radius 2 is 0.690 bits per heavy atom. The fourth-order valence-corrected chi connectivity index (χ4v) is 12.3. The van der Waals surface area contributed by atoms with Crippen molar-refractivity contribution in [3.8, 4) is 66.8 Å². The lowest BCUT2D eigenvalue weighted by Crippen LogP contribution is -2.28. The molecule has 11 aromatic rings. The summed E-state index contributed by atoms with van der Waals surface area (Å²) in [6.07, 6.45) is 0. The highest BCUT2D eigenvalue weighted by molar-refractivity contribution is 6.06. The third-order valence-electron chi connectivity index (χ3n) is 15.4. The Kier molecular flexibility index (Phi) is 10.1. The normalized spacial score (nSPS) is 13.4. The third-order valence-corrected chi connectivity index (χ3v) is 15.4. The maximum atomic E-state index is 2.60. The van der Waals surface area contributed by atoms with Gasteiger partial charge in [0.05, 0.1) is 22.5 Å². The molecule has 0 saturated carbocycles. The van der Waals surface area contributed by atoms with Crippen LogP contribution in [0.1, 0.15) is 47.2 Å². The first kappa shape index (κ1) is 42.3. The topological polar surface area (TPSA) is 3.24 Å². The molecule has 0 heterocycles. The second kappa shape index (κ2) is 17.0. The van der Waals surface area contributed by atoms with Crippen LogP contribution in [0.3, 0.4) is 0 Å². The largest absolute Gasteiger partial charge is 0.309 e. The van der Waals surface area contributed by atoms with Gasteiger partial charge in [0.15, 0.2) is 0 Å². The molecule has 0 aliphatic heterocycles. The van der Waals surface area contributed by atoms with Gasteiger partial charge in [-0.3, -0.25) is 0 Å². The van der Waals surface area contributed by atoms with E-state index in [1.807, 2.05) is 0 Å². The molecule has 1 heteroatoms. The summed E-state index contributed by atoms with van der Waals surface area (Å²) in [7, 11) is 0. The summed E-state index contributed by atoms with van der Waals surface area (Å²) in [6, 6.07) is 101. The smallest absolute Gasteiger partial charge is 0.0714 e. The lowest BCUT2D eigenvalue weighted by atomic mass is 9.68. The highest BCUT2D eigenvalue weighted by Gasteiger charge is 2.47. The molecule has 2 aliphatic rings. The van der Waals surface area contributed by atoms with E-state index in [1.54, 1.807) is 0 Å². The fraction of sp³-hybridized carbons (Fsp3) is 0.0571. The van der Waals surface area contributed by atoms with E-state index in [1.165, 1.54) is 89.0 Å². The van der Waals surface area contributed by atoms with Gasteiger partial charge in [0.2, 0.25) is 0 Å². The van der Waals surface area contributed by atoms with Crippen molar-refractivity contribution in [2.45, 2.75) is 24.7 Å². The minimum absolute atomic E-state index is 0.156. The minimum Gasteiger partial charge on any atom is -0.309 e. The van der Waals surface area contributed by atoms with E-state index >= 15 is 0 Å². The highest BCUT2D eigenvalue weighted by atomic mass is 15.2. The zero-order valence-electron chi connectivity index (χ0n) is 39.9. The van der Waals surface area contributed by atoms with Crippen LogP contribution < -0.4 is 4.90 Å². The summed E-state index contributed by atoms with van der Waals surface area (Å²) in [5.41, 5.74) is 24.8. The Morgan fingerprint density at radius 3 is 1.35 bits per heavy atom. The molecular weight excluding hydrogens is 855 g/mol. The number of benzene rings is 11. The molecule has 0 saturated heterocycles. The molecule has 13 rings (SSSR count). The average Bonchev–Trinajstić information content (AvgIpc) is 3.88. The number of rotatable bonds is 9. The number of hydrogen-bond acceptors (Lipinski definition) is 1. The molecule has 11 aromatic carbocycles. The van der Waals surface area contributed by atoms with Crippen molar-refractivity contribution in [3.05, 3.63) is 306 Å². The molecule has 0 unspecified atom stereocenters. The second-order valence-corrected chi connectivity index (χ2v) is 19.5. The minimum atomic E-state index is -0.579. The molecule has 0 atom stereocenters. The summed E-state index contributed by atoms with van der Waals surface area (Å²) in [5, 5.41) is 0. The molecular formula is C70H51N. The Bertz CT molecular complexity index is 3740. The molecule has 71 heavy (non-hydrogen) atoms. The number of anilines is 3. The molecule has 0 spiro atoms. The first-order valence-electron chi connectivity index (χ1n) is 24.8. The van der Waals surface area contributed by atoms with Crippen LogP contribution in [0.4, 0.5) is 17.1 Å². The van der Waals surface area contributed by atoms with Crippen LogP contribution in [0.5, 0.6) is 0 Å². The van der Waals surface area contributed by atoms with Crippen LogP contribution in [0.25, 0.3) is 66.8 Å². The Morgan fingerprint density at radius 1 is 0.254 bits per heavy atom. The number of para-hydroxylation sites is 1. The van der Waals surface area contributed by atoms with Gasteiger partial charge in [-0.25, -0.2) is 0 Å². The summed E-state index contributed by atoms with van der Waals surface area (Å²) in [4.78, 5) is 2.60. The molecule has 0 fully saturated rings. The predicted octanol–water partition coefficient (Wildman–Crippen LogP) is 18.5. The van der Waals surface area contributed by atoms with Gasteiger partial charge in [-0.05, 0) is 108 Å². The van der Waals surface area contributed by atoms with Crippen molar-refractivity contribution in [3.63, 3.8) is 0 Å².